The van der Waals surface area contributed by atoms with Crippen molar-refractivity contribution in [1.82, 2.24) is 9.97 Å². The molecule has 1 amide bonds. The van der Waals surface area contributed by atoms with Crippen LogP contribution in [0.4, 0.5) is 23.7 Å². The molecule has 0 saturated heterocycles. The average Bonchev–Trinajstić information content (AvgIpc) is 2.96. The van der Waals surface area contributed by atoms with Crippen LogP contribution in [0.5, 0.6) is 5.75 Å². The molecule has 0 saturated carbocycles. The molecule has 0 radical (unpaired) electrons. The predicted molar refractivity (Wildman–Crippen MR) is 162 cm³/mol. The average molecular weight is 679 g/mol. The fourth-order valence-corrected chi connectivity index (χ4v) is 5.88. The number of hydrogen-bond acceptors (Lipinski definition) is 8. The van der Waals surface area contributed by atoms with Gasteiger partial charge in [0.25, 0.3) is 0 Å². The summed E-state index contributed by atoms with van der Waals surface area (Å²) in [5.74, 6) is 0.626. The summed E-state index contributed by atoms with van der Waals surface area (Å²) >= 11 is 5.05. The van der Waals surface area contributed by atoms with E-state index in [0.29, 0.717) is 30.0 Å². The van der Waals surface area contributed by atoms with Crippen molar-refractivity contribution in [3.05, 3.63) is 80.8 Å². The molecule has 0 aliphatic carbocycles. The van der Waals surface area contributed by atoms with E-state index in [2.05, 4.69) is 27.0 Å². The molecule has 0 spiro atoms. The zero-order chi connectivity index (χ0) is 31.4. The van der Waals surface area contributed by atoms with Gasteiger partial charge in [0.15, 0.2) is 5.75 Å². The topological polar surface area (TPSA) is 114 Å². The Balaban J connectivity index is 1.88. The van der Waals surface area contributed by atoms with Gasteiger partial charge in [0.1, 0.15) is 11.5 Å². The molecule has 1 aromatic heterocycles. The first-order valence-corrected chi connectivity index (χ1v) is 15.8. The molecule has 1 aliphatic rings. The Hall–Kier alpha value is -3.34. The third kappa shape index (κ3) is 7.25. The van der Waals surface area contributed by atoms with Crippen LogP contribution in [0.15, 0.2) is 47.1 Å². The van der Waals surface area contributed by atoms with Gasteiger partial charge in [0, 0.05) is 22.6 Å². The summed E-state index contributed by atoms with van der Waals surface area (Å²) in [4.78, 5) is 23.7. The van der Waals surface area contributed by atoms with Gasteiger partial charge in [-0.2, -0.15) is 30.2 Å². The summed E-state index contributed by atoms with van der Waals surface area (Å²) in [7, 11) is 0. The number of aromatic nitrogens is 2. The zero-order valence-electron chi connectivity index (χ0n) is 23.9. The molecule has 2 aromatic carbocycles. The lowest BCUT2D eigenvalue weighted by atomic mass is 9.80. The van der Waals surface area contributed by atoms with E-state index in [1.165, 1.54) is 17.2 Å². The summed E-state index contributed by atoms with van der Waals surface area (Å²) in [6, 6.07) is 10.6. The zero-order valence-corrected chi connectivity index (χ0v) is 26.3. The Morgan fingerprint density at radius 3 is 2.70 bits per heavy atom. The van der Waals surface area contributed by atoms with Crippen LogP contribution in [-0.2, 0) is 17.3 Å². The van der Waals surface area contributed by atoms with Gasteiger partial charge in [-0.1, -0.05) is 22.9 Å². The Kier molecular flexibility index (Phi) is 10.2. The number of thioether (sulfide) groups is 1. The highest BCUT2D eigenvalue weighted by Gasteiger charge is 2.47. The van der Waals surface area contributed by atoms with Crippen LogP contribution in [0.25, 0.3) is 0 Å². The number of anilines is 1. The number of rotatable bonds is 9. The number of halogens is 4. The number of nitrogens with two attached hydrogens (primary N) is 1. The molecule has 0 bridgehead atoms. The molecule has 0 unspecified atom stereocenters. The maximum atomic E-state index is 13.9. The van der Waals surface area contributed by atoms with Crippen molar-refractivity contribution in [3.63, 3.8) is 0 Å². The Morgan fingerprint density at radius 2 is 2.05 bits per heavy atom. The van der Waals surface area contributed by atoms with Gasteiger partial charge in [-0.05, 0) is 73.5 Å². The van der Waals surface area contributed by atoms with Crippen LogP contribution < -0.4 is 15.4 Å². The second kappa shape index (κ2) is 13.5. The first-order valence-electron chi connectivity index (χ1n) is 13.6. The number of hydrogen-bond donors (Lipinski definition) is 1. The maximum absolute atomic E-state index is 13.9. The van der Waals surface area contributed by atoms with Crippen molar-refractivity contribution in [3.8, 4) is 11.8 Å². The van der Waals surface area contributed by atoms with Crippen LogP contribution in [0.1, 0.15) is 66.4 Å². The van der Waals surface area contributed by atoms with E-state index in [1.807, 2.05) is 12.3 Å². The van der Waals surface area contributed by atoms with Crippen molar-refractivity contribution in [2.75, 3.05) is 30.1 Å². The van der Waals surface area contributed by atoms with E-state index in [0.717, 1.165) is 27.9 Å². The normalized spacial score (nSPS) is 18.1. The van der Waals surface area contributed by atoms with Crippen molar-refractivity contribution in [1.29, 1.82) is 5.26 Å². The highest BCUT2D eigenvalue weighted by molar-refractivity contribution is 9.10. The van der Waals surface area contributed by atoms with E-state index in [-0.39, 0.29) is 36.5 Å². The SMILES string of the molecule is CCOC(=O)N1c2ccc(C(F)(F)F)cc2[C@@H](c2ncc(OCCSC)c(Cc3cc(Br)cc(C#N)c3)n2)C[C@@]1(N)CC. The van der Waals surface area contributed by atoms with E-state index in [9.17, 15) is 23.2 Å². The summed E-state index contributed by atoms with van der Waals surface area (Å²) in [6.45, 7) is 3.91. The van der Waals surface area contributed by atoms with Crippen molar-refractivity contribution < 1.29 is 27.4 Å². The Bertz CT molecular complexity index is 1530. The predicted octanol–water partition coefficient (Wildman–Crippen LogP) is 7.03. The molecule has 0 fully saturated rings. The highest BCUT2D eigenvalue weighted by Crippen LogP contribution is 2.47. The van der Waals surface area contributed by atoms with E-state index in [4.69, 9.17) is 20.2 Å². The van der Waals surface area contributed by atoms with E-state index >= 15 is 0 Å². The summed E-state index contributed by atoms with van der Waals surface area (Å²) < 4.78 is 53.6. The summed E-state index contributed by atoms with van der Waals surface area (Å²) in [5.41, 5.74) is 6.83. The number of ether oxygens (including phenoxy) is 2. The molecule has 3 aromatic rings. The number of nitriles is 1. The number of benzene rings is 2. The van der Waals surface area contributed by atoms with Gasteiger partial charge in [-0.15, -0.1) is 0 Å². The fourth-order valence-electron chi connectivity index (χ4n) is 5.09. The fraction of sp³-hybridized carbons (Fsp3) is 0.400. The van der Waals surface area contributed by atoms with Crippen LogP contribution in [0, 0.1) is 11.3 Å². The smallest absolute Gasteiger partial charge is 0.416 e. The molecule has 4 rings (SSSR count). The molecule has 2 heterocycles. The quantitative estimate of drug-likeness (QED) is 0.240. The van der Waals surface area contributed by atoms with Crippen molar-refractivity contribution in [2.45, 2.75) is 50.9 Å². The summed E-state index contributed by atoms with van der Waals surface area (Å²) in [5, 5.41) is 9.45. The number of alkyl halides is 3. The van der Waals surface area contributed by atoms with Crippen LogP contribution in [-0.4, -0.2) is 46.9 Å². The van der Waals surface area contributed by atoms with Gasteiger partial charge in [-0.3, -0.25) is 4.90 Å². The molecule has 2 atom stereocenters. The standard InChI is InChI=1S/C30H31BrF3N5O3S/c1-4-29(36)15-23(22-14-20(30(32,33)34)6-7-25(22)39(29)28(40)41-5-2)27-37-17-26(42-8-9-43-3)24(38-27)13-18-10-19(16-35)12-21(31)11-18/h6-7,10-12,14,17,23H,4-5,8-9,13,15,36H2,1-3H3/t23-,29+/m0/s1. The molecule has 2 N–H and O–H groups in total. The minimum atomic E-state index is -4.61. The highest BCUT2D eigenvalue weighted by atomic mass is 79.9. The van der Waals surface area contributed by atoms with Gasteiger partial charge >= 0.3 is 12.3 Å². The number of nitrogens with zero attached hydrogens (tertiary/aromatic N) is 4. The molecule has 13 heteroatoms. The Labute approximate surface area is 260 Å². The minimum Gasteiger partial charge on any atom is -0.489 e. The molecule has 228 valence electrons. The number of fused-ring (bicyclic) bond motifs is 1. The van der Waals surface area contributed by atoms with Gasteiger partial charge in [0.2, 0.25) is 0 Å². The Morgan fingerprint density at radius 1 is 1.28 bits per heavy atom. The monoisotopic (exact) mass is 677 g/mol. The maximum Gasteiger partial charge on any atom is 0.416 e. The van der Waals surface area contributed by atoms with E-state index in [1.54, 1.807) is 37.7 Å². The first-order chi connectivity index (χ1) is 20.4. The first kappa shape index (κ1) is 32.6. The molecule has 1 aliphatic heterocycles. The lowest BCUT2D eigenvalue weighted by molar-refractivity contribution is -0.137. The second-order valence-corrected chi connectivity index (χ2v) is 11.9. The van der Waals surface area contributed by atoms with Crippen LogP contribution in [0.2, 0.25) is 0 Å². The van der Waals surface area contributed by atoms with Gasteiger partial charge in [-0.25, -0.2) is 14.8 Å². The van der Waals surface area contributed by atoms with Gasteiger partial charge < -0.3 is 15.2 Å². The lowest BCUT2D eigenvalue weighted by Gasteiger charge is -2.46. The second-order valence-electron chi connectivity index (χ2n) is 10.0. The third-order valence-corrected chi connectivity index (χ3v) is 8.23. The number of carbonyl (C=O) groups excluding carboxylic acids is 1. The number of amides is 1. The van der Waals surface area contributed by atoms with Gasteiger partial charge in [0.05, 0.1) is 48.0 Å². The van der Waals surface area contributed by atoms with Crippen molar-refractivity contribution >= 4 is 39.5 Å². The summed E-state index contributed by atoms with van der Waals surface area (Å²) in [6.07, 6.45) is -1.26. The molecule has 8 nitrogen and oxygen atoms in total. The number of carbonyl (C=O) groups is 1. The third-order valence-electron chi connectivity index (χ3n) is 7.20. The molecule has 43 heavy (non-hydrogen) atoms. The van der Waals surface area contributed by atoms with Crippen molar-refractivity contribution in [2.24, 2.45) is 5.73 Å². The largest absolute Gasteiger partial charge is 0.489 e. The van der Waals surface area contributed by atoms with Crippen LogP contribution in [0.3, 0.4) is 0 Å². The lowest BCUT2D eigenvalue weighted by Crippen LogP contribution is -2.61. The van der Waals surface area contributed by atoms with E-state index < -0.39 is 29.4 Å². The molecular formula is C30H31BrF3N5O3S. The molecular weight excluding hydrogens is 647 g/mol. The van der Waals surface area contributed by atoms with Crippen LogP contribution >= 0.6 is 27.7 Å². The minimum absolute atomic E-state index is 0.0538.